The van der Waals surface area contributed by atoms with Gasteiger partial charge in [-0.05, 0) is 47.2 Å². The second kappa shape index (κ2) is 5.16. The van der Waals surface area contributed by atoms with Crippen molar-refractivity contribution in [1.29, 1.82) is 0 Å². The average Bonchev–Trinajstić information content (AvgIpc) is 2.19. The molecule has 15 heavy (non-hydrogen) atoms. The van der Waals surface area contributed by atoms with Crippen LogP contribution in [0.1, 0.15) is 5.56 Å². The van der Waals surface area contributed by atoms with Crippen molar-refractivity contribution >= 4 is 34.2 Å². The summed E-state index contributed by atoms with van der Waals surface area (Å²) in [6, 6.07) is 4.97. The molecular formula is C11H12INO2. The Balaban J connectivity index is 2.84. The molecule has 3 nitrogen and oxygen atoms in total. The van der Waals surface area contributed by atoms with E-state index in [9.17, 15) is 4.79 Å². The number of rotatable bonds is 4. The molecule has 0 aliphatic rings. The predicted molar refractivity (Wildman–Crippen MR) is 69.1 cm³/mol. The molecule has 2 N–H and O–H groups in total. The quantitative estimate of drug-likeness (QED) is 0.663. The number of carboxylic acids is 1. The summed E-state index contributed by atoms with van der Waals surface area (Å²) in [7, 11) is 0. The number of benzene rings is 1. The van der Waals surface area contributed by atoms with E-state index in [0.29, 0.717) is 0 Å². The second-order valence-corrected chi connectivity index (χ2v) is 4.32. The van der Waals surface area contributed by atoms with Gasteiger partial charge in [-0.3, -0.25) is 0 Å². The van der Waals surface area contributed by atoms with Crippen molar-refractivity contribution in [1.82, 2.24) is 0 Å². The van der Waals surface area contributed by atoms with Crippen LogP contribution in [0.4, 0.5) is 5.69 Å². The molecule has 0 aliphatic carbocycles. The van der Waals surface area contributed by atoms with Crippen LogP contribution in [0.3, 0.4) is 0 Å². The Morgan fingerprint density at radius 2 is 2.33 bits per heavy atom. The van der Waals surface area contributed by atoms with Crippen LogP contribution in [-0.2, 0) is 4.79 Å². The maximum absolute atomic E-state index is 10.8. The van der Waals surface area contributed by atoms with Crippen LogP contribution >= 0.6 is 22.6 Å². The van der Waals surface area contributed by atoms with E-state index in [1.807, 2.05) is 25.1 Å². The molecule has 0 spiro atoms. The Bertz CT molecular complexity index is 390. The molecule has 0 aromatic heterocycles. The summed E-state index contributed by atoms with van der Waals surface area (Å²) in [6.45, 7) is 5.48. The first kappa shape index (κ1) is 12.0. The van der Waals surface area contributed by atoms with Crippen LogP contribution in [-0.4, -0.2) is 17.1 Å². The highest BCUT2D eigenvalue weighted by atomic mass is 127. The van der Waals surface area contributed by atoms with E-state index in [4.69, 9.17) is 5.11 Å². The Kier molecular flexibility index (Phi) is 4.14. The fraction of sp³-hybridized carbons (Fsp3) is 0.182. The van der Waals surface area contributed by atoms with Crippen molar-refractivity contribution in [2.75, 3.05) is 5.32 Å². The molecule has 0 amide bonds. The number of aliphatic carboxylic acids is 1. The van der Waals surface area contributed by atoms with E-state index >= 15 is 0 Å². The number of hydrogen-bond donors (Lipinski definition) is 2. The summed E-state index contributed by atoms with van der Waals surface area (Å²) in [5, 5.41) is 11.7. The predicted octanol–water partition coefficient (Wildman–Crippen LogP) is 2.65. The lowest BCUT2D eigenvalue weighted by molar-refractivity contribution is -0.136. The van der Waals surface area contributed by atoms with Crippen molar-refractivity contribution in [2.45, 2.75) is 13.0 Å². The summed E-state index contributed by atoms with van der Waals surface area (Å²) >= 11 is 2.21. The zero-order chi connectivity index (χ0) is 11.4. The first-order valence-electron chi connectivity index (χ1n) is 4.42. The molecule has 0 radical (unpaired) electrons. The molecule has 1 atom stereocenters. The van der Waals surface area contributed by atoms with Crippen molar-refractivity contribution in [3.63, 3.8) is 0 Å². The Morgan fingerprint density at radius 1 is 1.67 bits per heavy atom. The van der Waals surface area contributed by atoms with Gasteiger partial charge in [0, 0.05) is 9.26 Å². The largest absolute Gasteiger partial charge is 0.479 e. The molecule has 0 saturated heterocycles. The maximum Gasteiger partial charge on any atom is 0.330 e. The smallest absolute Gasteiger partial charge is 0.330 e. The van der Waals surface area contributed by atoms with Gasteiger partial charge >= 0.3 is 5.97 Å². The first-order chi connectivity index (χ1) is 7.04. The minimum absolute atomic E-state index is 0.747. The molecular weight excluding hydrogens is 305 g/mol. The van der Waals surface area contributed by atoms with Crippen LogP contribution < -0.4 is 5.32 Å². The number of aryl methyl sites for hydroxylation is 1. The van der Waals surface area contributed by atoms with Crippen LogP contribution in [0.2, 0.25) is 0 Å². The van der Waals surface area contributed by atoms with Gasteiger partial charge in [-0.25, -0.2) is 4.79 Å². The van der Waals surface area contributed by atoms with Crippen molar-refractivity contribution < 1.29 is 9.90 Å². The standard InChI is InChI=1S/C11H12INO2/c1-3-10(11(14)15)13-8-5-4-7(2)9(12)6-8/h3-6,10,13H,1H2,2H3,(H,14,15). The fourth-order valence-electron chi connectivity index (χ4n) is 1.08. The van der Waals surface area contributed by atoms with E-state index in [1.54, 1.807) is 0 Å². The monoisotopic (exact) mass is 317 g/mol. The third kappa shape index (κ3) is 3.23. The molecule has 0 saturated carbocycles. The third-order valence-corrected chi connectivity index (χ3v) is 3.16. The fourth-order valence-corrected chi connectivity index (χ4v) is 1.60. The van der Waals surface area contributed by atoms with Gasteiger partial charge in [0.05, 0.1) is 0 Å². The van der Waals surface area contributed by atoms with Crippen molar-refractivity contribution in [3.05, 3.63) is 40.0 Å². The molecule has 80 valence electrons. The number of hydrogen-bond acceptors (Lipinski definition) is 2. The normalized spacial score (nSPS) is 11.9. The molecule has 4 heteroatoms. The zero-order valence-corrected chi connectivity index (χ0v) is 10.5. The second-order valence-electron chi connectivity index (χ2n) is 3.16. The maximum atomic E-state index is 10.8. The minimum atomic E-state index is -0.930. The molecule has 1 aromatic rings. The van der Waals surface area contributed by atoms with Crippen LogP contribution in [0.15, 0.2) is 30.9 Å². The number of nitrogens with one attached hydrogen (secondary N) is 1. The number of carbonyl (C=O) groups is 1. The van der Waals surface area contributed by atoms with E-state index in [0.717, 1.165) is 9.26 Å². The lowest BCUT2D eigenvalue weighted by atomic mass is 10.2. The highest BCUT2D eigenvalue weighted by molar-refractivity contribution is 14.1. The van der Waals surface area contributed by atoms with Crippen LogP contribution in [0.25, 0.3) is 0 Å². The highest BCUT2D eigenvalue weighted by Gasteiger charge is 2.12. The van der Waals surface area contributed by atoms with Gasteiger partial charge in [-0.15, -0.1) is 6.58 Å². The Labute approximate surface area is 102 Å². The van der Waals surface area contributed by atoms with E-state index in [-0.39, 0.29) is 0 Å². The topological polar surface area (TPSA) is 49.3 Å². The SMILES string of the molecule is C=CC(Nc1ccc(C)c(I)c1)C(=O)O. The molecule has 0 fully saturated rings. The summed E-state index contributed by atoms with van der Waals surface area (Å²) in [4.78, 5) is 10.8. The van der Waals surface area contributed by atoms with E-state index in [1.165, 1.54) is 11.6 Å². The third-order valence-electron chi connectivity index (χ3n) is 2.00. The molecule has 0 aliphatic heterocycles. The Hall–Kier alpha value is -1.04. The zero-order valence-electron chi connectivity index (χ0n) is 8.33. The summed E-state index contributed by atoms with van der Waals surface area (Å²) in [5.74, 6) is -0.930. The molecule has 1 rings (SSSR count). The highest BCUT2D eigenvalue weighted by Crippen LogP contribution is 2.17. The van der Waals surface area contributed by atoms with Gasteiger partial charge in [0.1, 0.15) is 6.04 Å². The van der Waals surface area contributed by atoms with Gasteiger partial charge in [-0.1, -0.05) is 12.1 Å². The van der Waals surface area contributed by atoms with Gasteiger partial charge in [0.25, 0.3) is 0 Å². The molecule has 0 heterocycles. The number of anilines is 1. The van der Waals surface area contributed by atoms with Gasteiger partial charge in [0.2, 0.25) is 0 Å². The number of halogens is 1. The summed E-state index contributed by atoms with van der Waals surface area (Å²) in [5.41, 5.74) is 1.96. The molecule has 0 bridgehead atoms. The average molecular weight is 317 g/mol. The van der Waals surface area contributed by atoms with Gasteiger partial charge < -0.3 is 10.4 Å². The van der Waals surface area contributed by atoms with Crippen LogP contribution in [0.5, 0.6) is 0 Å². The number of carboxylic acid groups (broad SMARTS) is 1. The lowest BCUT2D eigenvalue weighted by Crippen LogP contribution is -2.26. The summed E-state index contributed by atoms with van der Waals surface area (Å²) in [6.07, 6.45) is 1.37. The van der Waals surface area contributed by atoms with Gasteiger partial charge in [-0.2, -0.15) is 0 Å². The lowest BCUT2D eigenvalue weighted by Gasteiger charge is -2.12. The van der Waals surface area contributed by atoms with E-state index in [2.05, 4.69) is 34.5 Å². The van der Waals surface area contributed by atoms with E-state index < -0.39 is 12.0 Å². The minimum Gasteiger partial charge on any atom is -0.479 e. The first-order valence-corrected chi connectivity index (χ1v) is 5.50. The molecule has 1 aromatic carbocycles. The summed E-state index contributed by atoms with van der Waals surface area (Å²) < 4.78 is 1.10. The molecule has 1 unspecified atom stereocenters. The van der Waals surface area contributed by atoms with Crippen molar-refractivity contribution in [2.24, 2.45) is 0 Å². The Morgan fingerprint density at radius 3 is 2.80 bits per heavy atom. The van der Waals surface area contributed by atoms with Crippen LogP contribution in [0, 0.1) is 10.5 Å². The van der Waals surface area contributed by atoms with Gasteiger partial charge in [0.15, 0.2) is 0 Å². The van der Waals surface area contributed by atoms with Crippen molar-refractivity contribution in [3.8, 4) is 0 Å².